The Bertz CT molecular complexity index is 1120. The number of benzene rings is 3. The molecule has 4 rings (SSSR count). The highest BCUT2D eigenvalue weighted by molar-refractivity contribution is 6.31. The van der Waals surface area contributed by atoms with E-state index in [0.29, 0.717) is 18.9 Å². The number of hydrogen-bond donors (Lipinski definition) is 0. The highest BCUT2D eigenvalue weighted by Gasteiger charge is 2.13. The molecule has 0 aliphatic carbocycles. The van der Waals surface area contributed by atoms with Crippen molar-refractivity contribution in [3.8, 4) is 5.75 Å². The maximum atomic E-state index is 6.39. The molecule has 0 aliphatic heterocycles. The Labute approximate surface area is 176 Å². The van der Waals surface area contributed by atoms with E-state index in [4.69, 9.17) is 21.3 Å². The first-order chi connectivity index (χ1) is 14.1. The van der Waals surface area contributed by atoms with E-state index < -0.39 is 0 Å². The number of rotatable bonds is 7. The molecule has 3 nitrogen and oxygen atoms in total. The van der Waals surface area contributed by atoms with Crippen molar-refractivity contribution in [3.63, 3.8) is 0 Å². The van der Waals surface area contributed by atoms with Crippen molar-refractivity contribution in [2.24, 2.45) is 0 Å². The van der Waals surface area contributed by atoms with Gasteiger partial charge in [0.15, 0.2) is 0 Å². The summed E-state index contributed by atoms with van der Waals surface area (Å²) in [5.41, 5.74) is 4.43. The Morgan fingerprint density at radius 1 is 0.931 bits per heavy atom. The van der Waals surface area contributed by atoms with E-state index in [1.54, 1.807) is 0 Å². The van der Waals surface area contributed by atoms with E-state index in [1.165, 1.54) is 5.56 Å². The minimum Gasteiger partial charge on any atom is -0.491 e. The number of hydrogen-bond acceptors (Lipinski definition) is 2. The minimum atomic E-state index is 0.427. The molecule has 3 aromatic carbocycles. The monoisotopic (exact) mass is 404 g/mol. The largest absolute Gasteiger partial charge is 0.491 e. The van der Waals surface area contributed by atoms with Crippen LogP contribution in [0.2, 0.25) is 5.02 Å². The highest BCUT2D eigenvalue weighted by atomic mass is 35.5. The second kappa shape index (κ2) is 8.71. The molecule has 1 heterocycles. The molecule has 4 aromatic rings. The van der Waals surface area contributed by atoms with Crippen LogP contribution in [-0.2, 0) is 13.0 Å². The van der Waals surface area contributed by atoms with Crippen LogP contribution in [-0.4, -0.2) is 16.2 Å². The third-order valence-corrected chi connectivity index (χ3v) is 5.52. The van der Waals surface area contributed by atoms with Gasteiger partial charge in [-0.05, 0) is 41.3 Å². The van der Waals surface area contributed by atoms with Gasteiger partial charge in [-0.15, -0.1) is 0 Å². The van der Waals surface area contributed by atoms with Gasteiger partial charge in [0.1, 0.15) is 18.2 Å². The Morgan fingerprint density at radius 3 is 2.48 bits per heavy atom. The molecule has 0 bridgehead atoms. The van der Waals surface area contributed by atoms with Crippen LogP contribution in [0.1, 0.15) is 36.7 Å². The Hall–Kier alpha value is -2.78. The second-order valence-corrected chi connectivity index (χ2v) is 7.88. The van der Waals surface area contributed by atoms with Crippen LogP contribution in [0.4, 0.5) is 0 Å². The summed E-state index contributed by atoms with van der Waals surface area (Å²) in [6.07, 6.45) is 0.691. The van der Waals surface area contributed by atoms with Gasteiger partial charge in [-0.25, -0.2) is 4.98 Å². The van der Waals surface area contributed by atoms with Crippen molar-refractivity contribution in [2.45, 2.75) is 32.7 Å². The summed E-state index contributed by atoms with van der Waals surface area (Å²) in [6.45, 7) is 5.69. The van der Waals surface area contributed by atoms with E-state index in [1.807, 2.05) is 36.4 Å². The molecule has 0 N–H and O–H groups in total. The number of nitrogens with zero attached hydrogens (tertiary/aromatic N) is 2. The predicted octanol–water partition coefficient (Wildman–Crippen LogP) is 6.48. The molecule has 0 atom stereocenters. The Kier molecular flexibility index (Phi) is 5.86. The van der Waals surface area contributed by atoms with Gasteiger partial charge in [-0.1, -0.05) is 74.0 Å². The van der Waals surface area contributed by atoms with Gasteiger partial charge in [0, 0.05) is 11.4 Å². The normalized spacial score (nSPS) is 11.3. The lowest BCUT2D eigenvalue weighted by Gasteiger charge is -2.15. The van der Waals surface area contributed by atoms with E-state index >= 15 is 0 Å². The number of ether oxygens (including phenoxy) is 1. The van der Waals surface area contributed by atoms with Crippen LogP contribution in [0.25, 0.3) is 11.0 Å². The first-order valence-electron chi connectivity index (χ1n) is 10.0. The van der Waals surface area contributed by atoms with Gasteiger partial charge in [-0.2, -0.15) is 0 Å². The van der Waals surface area contributed by atoms with E-state index in [-0.39, 0.29) is 0 Å². The average Bonchev–Trinajstić information content (AvgIpc) is 3.07. The van der Waals surface area contributed by atoms with Gasteiger partial charge in [0.2, 0.25) is 0 Å². The summed E-state index contributed by atoms with van der Waals surface area (Å²) in [5, 5.41) is 0.771. The number of aromatic nitrogens is 2. The molecule has 0 spiro atoms. The van der Waals surface area contributed by atoms with Crippen molar-refractivity contribution < 1.29 is 4.74 Å². The first-order valence-corrected chi connectivity index (χ1v) is 10.4. The molecule has 4 heteroatoms. The molecule has 0 amide bonds. The number of para-hydroxylation sites is 3. The lowest BCUT2D eigenvalue weighted by molar-refractivity contribution is 0.294. The summed E-state index contributed by atoms with van der Waals surface area (Å²) in [4.78, 5) is 4.87. The van der Waals surface area contributed by atoms with Crippen molar-refractivity contribution in [3.05, 3.63) is 94.8 Å². The Morgan fingerprint density at radius 2 is 1.66 bits per heavy atom. The van der Waals surface area contributed by atoms with Crippen LogP contribution in [0.3, 0.4) is 0 Å². The fourth-order valence-corrected chi connectivity index (χ4v) is 3.86. The number of halogens is 1. The summed E-state index contributed by atoms with van der Waals surface area (Å²) >= 11 is 6.39. The Balaban J connectivity index is 1.59. The van der Waals surface area contributed by atoms with Crippen molar-refractivity contribution in [1.29, 1.82) is 0 Å². The molecule has 0 saturated carbocycles. The standard InChI is InChI=1S/C25H25ClN2O/c1-18(2)20-10-4-8-14-24(20)29-16-15-28-23-13-7-6-12-22(23)27-25(28)17-19-9-3-5-11-21(19)26/h3-14,18H,15-17H2,1-2H3. The highest BCUT2D eigenvalue weighted by Crippen LogP contribution is 2.26. The maximum Gasteiger partial charge on any atom is 0.122 e. The van der Waals surface area contributed by atoms with E-state index in [2.05, 4.69) is 54.8 Å². The van der Waals surface area contributed by atoms with Crippen LogP contribution in [0, 0.1) is 0 Å². The van der Waals surface area contributed by atoms with Gasteiger partial charge in [0.25, 0.3) is 0 Å². The summed E-state index contributed by atoms with van der Waals surface area (Å²) in [6, 6.07) is 24.5. The molecule has 0 saturated heterocycles. The van der Waals surface area contributed by atoms with E-state index in [0.717, 1.165) is 39.7 Å². The molecule has 1 aromatic heterocycles. The fraction of sp³-hybridized carbons (Fsp3) is 0.240. The molecule has 0 aliphatic rings. The molecule has 0 radical (unpaired) electrons. The zero-order chi connectivity index (χ0) is 20.2. The fourth-order valence-electron chi connectivity index (χ4n) is 3.66. The molecule has 148 valence electrons. The van der Waals surface area contributed by atoms with Gasteiger partial charge >= 0.3 is 0 Å². The number of imidazole rings is 1. The second-order valence-electron chi connectivity index (χ2n) is 7.48. The van der Waals surface area contributed by atoms with Crippen molar-refractivity contribution >= 4 is 22.6 Å². The van der Waals surface area contributed by atoms with Crippen LogP contribution < -0.4 is 4.74 Å². The predicted molar refractivity (Wildman–Crippen MR) is 120 cm³/mol. The average molecular weight is 405 g/mol. The lowest BCUT2D eigenvalue weighted by atomic mass is 10.0. The quantitative estimate of drug-likeness (QED) is 0.352. The van der Waals surface area contributed by atoms with E-state index in [9.17, 15) is 0 Å². The van der Waals surface area contributed by atoms with Gasteiger partial charge in [0.05, 0.1) is 17.6 Å². The summed E-state index contributed by atoms with van der Waals surface area (Å²) < 4.78 is 8.42. The van der Waals surface area contributed by atoms with Gasteiger partial charge in [-0.3, -0.25) is 0 Å². The van der Waals surface area contributed by atoms with Crippen LogP contribution in [0.5, 0.6) is 5.75 Å². The zero-order valence-electron chi connectivity index (χ0n) is 16.8. The van der Waals surface area contributed by atoms with Crippen LogP contribution >= 0.6 is 11.6 Å². The molecule has 29 heavy (non-hydrogen) atoms. The smallest absolute Gasteiger partial charge is 0.122 e. The third kappa shape index (κ3) is 4.30. The third-order valence-electron chi connectivity index (χ3n) is 5.15. The molecule has 0 fully saturated rings. The lowest BCUT2D eigenvalue weighted by Crippen LogP contribution is -2.12. The topological polar surface area (TPSA) is 27.1 Å². The zero-order valence-corrected chi connectivity index (χ0v) is 17.6. The van der Waals surface area contributed by atoms with Gasteiger partial charge < -0.3 is 9.30 Å². The maximum absolute atomic E-state index is 6.39. The first kappa shape index (κ1) is 19.5. The SMILES string of the molecule is CC(C)c1ccccc1OCCn1c(Cc2ccccc2Cl)nc2ccccc21. The minimum absolute atomic E-state index is 0.427. The number of fused-ring (bicyclic) bond motifs is 1. The van der Waals surface area contributed by atoms with Crippen LogP contribution in [0.15, 0.2) is 72.8 Å². The summed E-state index contributed by atoms with van der Waals surface area (Å²) in [5.74, 6) is 2.38. The van der Waals surface area contributed by atoms with Crippen molar-refractivity contribution in [1.82, 2.24) is 9.55 Å². The molecule has 0 unspecified atom stereocenters. The molecular weight excluding hydrogens is 380 g/mol. The molecular formula is C25H25ClN2O. The van der Waals surface area contributed by atoms with Crippen molar-refractivity contribution in [2.75, 3.05) is 6.61 Å². The summed E-state index contributed by atoms with van der Waals surface area (Å²) in [7, 11) is 0.